The standard InChI is InChI=1S/C16H14O8/c17-15(9-3-1-5-19-9)23-11-7-21-14-12(8-22-13(11)14)24-16(18)10-4-2-6-20-10/h1-6,11-14H,7-8H2. The minimum atomic E-state index is -0.589. The van der Waals surface area contributed by atoms with Crippen LogP contribution < -0.4 is 0 Å². The Morgan fingerprint density at radius 2 is 1.29 bits per heavy atom. The van der Waals surface area contributed by atoms with Crippen LogP contribution in [0.5, 0.6) is 0 Å². The molecule has 0 amide bonds. The van der Waals surface area contributed by atoms with Gasteiger partial charge in [-0.05, 0) is 24.3 Å². The first-order chi connectivity index (χ1) is 11.7. The number of hydrogen-bond acceptors (Lipinski definition) is 8. The second-order valence-corrected chi connectivity index (χ2v) is 5.44. The lowest BCUT2D eigenvalue weighted by atomic mass is 10.1. The maximum Gasteiger partial charge on any atom is 0.374 e. The van der Waals surface area contributed by atoms with E-state index >= 15 is 0 Å². The van der Waals surface area contributed by atoms with Gasteiger partial charge in [-0.3, -0.25) is 0 Å². The second-order valence-electron chi connectivity index (χ2n) is 5.44. The molecule has 2 aliphatic rings. The Morgan fingerprint density at radius 3 is 1.67 bits per heavy atom. The highest BCUT2D eigenvalue weighted by Gasteiger charge is 2.51. The van der Waals surface area contributed by atoms with Crippen LogP contribution in [0.25, 0.3) is 0 Å². The van der Waals surface area contributed by atoms with Gasteiger partial charge in [-0.1, -0.05) is 0 Å². The van der Waals surface area contributed by atoms with Crippen LogP contribution in [0.1, 0.15) is 21.1 Å². The first-order valence-electron chi connectivity index (χ1n) is 7.44. The highest BCUT2D eigenvalue weighted by Crippen LogP contribution is 2.31. The summed E-state index contributed by atoms with van der Waals surface area (Å²) in [6.07, 6.45) is 0.637. The van der Waals surface area contributed by atoms with Crippen molar-refractivity contribution in [3.8, 4) is 0 Å². The molecule has 126 valence electrons. The lowest BCUT2D eigenvalue weighted by molar-refractivity contribution is -0.0307. The maximum atomic E-state index is 11.9. The van der Waals surface area contributed by atoms with Crippen molar-refractivity contribution in [2.75, 3.05) is 13.2 Å². The molecule has 0 aliphatic carbocycles. The van der Waals surface area contributed by atoms with Gasteiger partial charge in [-0.2, -0.15) is 0 Å². The maximum absolute atomic E-state index is 11.9. The quantitative estimate of drug-likeness (QED) is 0.775. The fourth-order valence-corrected chi connectivity index (χ4v) is 2.81. The van der Waals surface area contributed by atoms with Gasteiger partial charge >= 0.3 is 11.9 Å². The van der Waals surface area contributed by atoms with Crippen LogP contribution in [0.3, 0.4) is 0 Å². The zero-order valence-corrected chi connectivity index (χ0v) is 12.5. The molecule has 2 aromatic rings. The van der Waals surface area contributed by atoms with Crippen LogP contribution in [0, 0.1) is 0 Å². The summed E-state index contributed by atoms with van der Waals surface area (Å²) in [5, 5.41) is 0. The van der Waals surface area contributed by atoms with E-state index in [0.717, 1.165) is 0 Å². The molecule has 2 fully saturated rings. The van der Waals surface area contributed by atoms with Crippen molar-refractivity contribution < 1.29 is 37.4 Å². The first kappa shape index (κ1) is 15.0. The summed E-state index contributed by atoms with van der Waals surface area (Å²) in [5.74, 6) is -0.961. The fourth-order valence-electron chi connectivity index (χ4n) is 2.81. The van der Waals surface area contributed by atoms with Crippen LogP contribution in [0.15, 0.2) is 45.6 Å². The molecular formula is C16H14O8. The first-order valence-corrected chi connectivity index (χ1v) is 7.44. The molecule has 2 aliphatic heterocycles. The summed E-state index contributed by atoms with van der Waals surface area (Å²) in [4.78, 5) is 23.9. The number of fused-ring (bicyclic) bond motifs is 1. The second kappa shape index (κ2) is 6.14. The molecule has 4 atom stereocenters. The summed E-state index contributed by atoms with van der Waals surface area (Å²) in [6, 6.07) is 6.22. The molecule has 2 aromatic heterocycles. The Balaban J connectivity index is 1.37. The normalized spacial score (nSPS) is 28.5. The Hall–Kier alpha value is -2.58. The third-order valence-corrected chi connectivity index (χ3v) is 3.92. The van der Waals surface area contributed by atoms with E-state index in [9.17, 15) is 9.59 Å². The number of carbonyl (C=O) groups excluding carboxylic acids is 2. The van der Waals surface area contributed by atoms with Crippen LogP contribution in [0.4, 0.5) is 0 Å². The van der Waals surface area contributed by atoms with Gasteiger partial charge < -0.3 is 27.8 Å². The molecule has 0 spiro atoms. The summed E-state index contributed by atoms with van der Waals surface area (Å²) >= 11 is 0. The molecule has 0 N–H and O–H groups in total. The molecule has 4 heterocycles. The van der Waals surface area contributed by atoms with E-state index in [0.29, 0.717) is 0 Å². The van der Waals surface area contributed by atoms with Gasteiger partial charge in [0.2, 0.25) is 11.5 Å². The van der Waals surface area contributed by atoms with Gasteiger partial charge in [0.1, 0.15) is 12.2 Å². The smallest absolute Gasteiger partial charge is 0.374 e. The molecular weight excluding hydrogens is 320 g/mol. The summed E-state index contributed by atoms with van der Waals surface area (Å²) in [6.45, 7) is 0.327. The van der Waals surface area contributed by atoms with Crippen LogP contribution >= 0.6 is 0 Å². The third-order valence-electron chi connectivity index (χ3n) is 3.92. The van der Waals surface area contributed by atoms with Crippen molar-refractivity contribution in [1.29, 1.82) is 0 Å². The monoisotopic (exact) mass is 334 g/mol. The van der Waals surface area contributed by atoms with Crippen molar-refractivity contribution in [3.63, 3.8) is 0 Å². The molecule has 2 saturated heterocycles. The molecule has 0 aromatic carbocycles. The predicted octanol–water partition coefficient (Wildman–Crippen LogP) is 1.42. The molecule has 8 nitrogen and oxygen atoms in total. The van der Waals surface area contributed by atoms with E-state index in [1.165, 1.54) is 24.7 Å². The van der Waals surface area contributed by atoms with E-state index < -0.39 is 36.4 Å². The Kier molecular flexibility index (Phi) is 3.83. The largest absolute Gasteiger partial charge is 0.457 e. The van der Waals surface area contributed by atoms with Gasteiger partial charge in [-0.25, -0.2) is 9.59 Å². The number of furan rings is 2. The number of ether oxygens (including phenoxy) is 4. The van der Waals surface area contributed by atoms with Crippen LogP contribution in [-0.2, 0) is 18.9 Å². The molecule has 4 rings (SSSR count). The average Bonchev–Trinajstić information content (AvgIpc) is 3.36. The summed E-state index contributed by atoms with van der Waals surface area (Å²) in [5.41, 5.74) is 0. The topological polar surface area (TPSA) is 97.3 Å². The van der Waals surface area contributed by atoms with Crippen molar-refractivity contribution in [2.45, 2.75) is 24.4 Å². The van der Waals surface area contributed by atoms with Crippen molar-refractivity contribution in [1.82, 2.24) is 0 Å². The highest BCUT2D eigenvalue weighted by atomic mass is 16.7. The Morgan fingerprint density at radius 1 is 0.833 bits per heavy atom. The molecule has 0 bridgehead atoms. The predicted molar refractivity (Wildman–Crippen MR) is 75.3 cm³/mol. The highest BCUT2D eigenvalue weighted by molar-refractivity contribution is 5.86. The lowest BCUT2D eigenvalue weighted by Crippen LogP contribution is -2.35. The molecule has 8 heteroatoms. The lowest BCUT2D eigenvalue weighted by Gasteiger charge is -2.16. The molecule has 0 radical (unpaired) electrons. The number of rotatable bonds is 4. The summed E-state index contributed by atoms with van der Waals surface area (Å²) in [7, 11) is 0. The Labute approximate surface area is 136 Å². The Bertz CT molecular complexity index is 642. The SMILES string of the molecule is O=C(OC1COC2C(OC(=O)c3ccco3)COC12)c1ccco1. The van der Waals surface area contributed by atoms with Crippen molar-refractivity contribution in [3.05, 3.63) is 48.3 Å². The third kappa shape index (κ3) is 2.70. The van der Waals surface area contributed by atoms with Crippen molar-refractivity contribution >= 4 is 11.9 Å². The van der Waals surface area contributed by atoms with E-state index in [2.05, 4.69) is 0 Å². The van der Waals surface area contributed by atoms with E-state index in [-0.39, 0.29) is 24.7 Å². The van der Waals surface area contributed by atoms with Crippen molar-refractivity contribution in [2.24, 2.45) is 0 Å². The average molecular weight is 334 g/mol. The molecule has 0 saturated carbocycles. The van der Waals surface area contributed by atoms with E-state index in [4.69, 9.17) is 27.8 Å². The zero-order chi connectivity index (χ0) is 16.5. The number of esters is 2. The van der Waals surface area contributed by atoms with Gasteiger partial charge in [0.25, 0.3) is 0 Å². The zero-order valence-electron chi connectivity index (χ0n) is 12.5. The number of hydrogen-bond donors (Lipinski definition) is 0. The molecule has 4 unspecified atom stereocenters. The van der Waals surface area contributed by atoms with Crippen LogP contribution in [-0.4, -0.2) is 49.6 Å². The number of carbonyl (C=O) groups is 2. The molecule has 24 heavy (non-hydrogen) atoms. The minimum absolute atomic E-state index is 0.109. The fraction of sp³-hybridized carbons (Fsp3) is 0.375. The van der Waals surface area contributed by atoms with Gasteiger partial charge in [0, 0.05) is 0 Å². The van der Waals surface area contributed by atoms with Gasteiger partial charge in [-0.15, -0.1) is 0 Å². The van der Waals surface area contributed by atoms with Gasteiger partial charge in [0.05, 0.1) is 25.7 Å². The van der Waals surface area contributed by atoms with E-state index in [1.54, 1.807) is 12.1 Å². The van der Waals surface area contributed by atoms with Gasteiger partial charge in [0.15, 0.2) is 12.2 Å². The minimum Gasteiger partial charge on any atom is -0.457 e. The summed E-state index contributed by atoms with van der Waals surface area (Å²) < 4.78 is 31.9. The van der Waals surface area contributed by atoms with Crippen LogP contribution in [0.2, 0.25) is 0 Å². The van der Waals surface area contributed by atoms with E-state index in [1.807, 2.05) is 0 Å².